The van der Waals surface area contributed by atoms with Crippen molar-refractivity contribution in [1.29, 1.82) is 0 Å². The molecule has 19 heavy (non-hydrogen) atoms. The number of carboxylic acid groups (broad SMARTS) is 1. The molecule has 0 saturated heterocycles. The molecule has 3 aromatic rings. The number of aromatic amines is 1. The number of H-pyrrole nitrogens is 1. The zero-order chi connectivity index (χ0) is 13.4. The monoisotopic (exact) mass is 273 g/mol. The Morgan fingerprint density at radius 1 is 1.32 bits per heavy atom. The number of nitrogens with one attached hydrogen (secondary N) is 1. The van der Waals surface area contributed by atoms with Crippen LogP contribution in [0.2, 0.25) is 5.02 Å². The van der Waals surface area contributed by atoms with E-state index in [0.717, 1.165) is 0 Å². The smallest absolute Gasteiger partial charge is 0.337 e. The van der Waals surface area contributed by atoms with Gasteiger partial charge in [0, 0.05) is 18.0 Å². The molecular formula is C13H8ClN3O2. The maximum absolute atomic E-state index is 11.1. The summed E-state index contributed by atoms with van der Waals surface area (Å²) < 4.78 is 0. The van der Waals surface area contributed by atoms with Gasteiger partial charge in [0.15, 0.2) is 0 Å². The van der Waals surface area contributed by atoms with Crippen molar-refractivity contribution in [2.24, 2.45) is 0 Å². The summed E-state index contributed by atoms with van der Waals surface area (Å²) >= 11 is 6.05. The first-order valence-electron chi connectivity index (χ1n) is 5.49. The van der Waals surface area contributed by atoms with E-state index in [-0.39, 0.29) is 5.56 Å². The maximum atomic E-state index is 11.1. The van der Waals surface area contributed by atoms with Crippen molar-refractivity contribution < 1.29 is 9.90 Å². The van der Waals surface area contributed by atoms with Crippen LogP contribution < -0.4 is 0 Å². The van der Waals surface area contributed by atoms with E-state index in [9.17, 15) is 4.79 Å². The van der Waals surface area contributed by atoms with Crippen LogP contribution in [-0.2, 0) is 0 Å². The fraction of sp³-hybridized carbons (Fsp3) is 0. The Morgan fingerprint density at radius 2 is 2.16 bits per heavy atom. The summed E-state index contributed by atoms with van der Waals surface area (Å²) in [6.07, 6.45) is 3.12. The quantitative estimate of drug-likeness (QED) is 0.752. The van der Waals surface area contributed by atoms with E-state index < -0.39 is 5.97 Å². The zero-order valence-electron chi connectivity index (χ0n) is 9.59. The average Bonchev–Trinajstić information content (AvgIpc) is 2.82. The molecule has 0 radical (unpaired) electrons. The van der Waals surface area contributed by atoms with Crippen LogP contribution in [0.25, 0.3) is 22.4 Å². The Hall–Kier alpha value is -2.40. The highest BCUT2D eigenvalue weighted by Crippen LogP contribution is 2.27. The van der Waals surface area contributed by atoms with Gasteiger partial charge in [-0.3, -0.25) is 4.98 Å². The summed E-state index contributed by atoms with van der Waals surface area (Å²) in [5.74, 6) is -0.486. The SMILES string of the molecule is O=C(O)c1cccc2[nH]c(-c3ccncc3Cl)nc12. The Balaban J connectivity index is 2.26. The van der Waals surface area contributed by atoms with Gasteiger partial charge in [-0.25, -0.2) is 9.78 Å². The molecule has 94 valence electrons. The number of carboxylic acids is 1. The van der Waals surface area contributed by atoms with Gasteiger partial charge in [-0.05, 0) is 18.2 Å². The highest BCUT2D eigenvalue weighted by atomic mass is 35.5. The molecule has 6 heteroatoms. The second kappa shape index (κ2) is 4.37. The zero-order valence-corrected chi connectivity index (χ0v) is 10.3. The number of nitrogens with zero attached hydrogens (tertiary/aromatic N) is 2. The van der Waals surface area contributed by atoms with Gasteiger partial charge in [0.25, 0.3) is 0 Å². The molecule has 5 nitrogen and oxygen atoms in total. The number of carbonyl (C=O) groups is 1. The third-order valence-corrected chi connectivity index (χ3v) is 3.07. The number of imidazole rings is 1. The van der Waals surface area contributed by atoms with E-state index in [1.807, 2.05) is 0 Å². The van der Waals surface area contributed by atoms with E-state index in [4.69, 9.17) is 16.7 Å². The van der Waals surface area contributed by atoms with Crippen molar-refractivity contribution in [3.8, 4) is 11.4 Å². The summed E-state index contributed by atoms with van der Waals surface area (Å²) in [7, 11) is 0. The molecule has 0 saturated carbocycles. The van der Waals surface area contributed by atoms with Crippen LogP contribution in [0.3, 0.4) is 0 Å². The Morgan fingerprint density at radius 3 is 2.89 bits per heavy atom. The largest absolute Gasteiger partial charge is 0.478 e. The first-order chi connectivity index (χ1) is 9.16. The van der Waals surface area contributed by atoms with Crippen LogP contribution >= 0.6 is 11.6 Å². The number of pyridine rings is 1. The minimum Gasteiger partial charge on any atom is -0.478 e. The van der Waals surface area contributed by atoms with Crippen molar-refractivity contribution >= 4 is 28.6 Å². The summed E-state index contributed by atoms with van der Waals surface area (Å²) in [5, 5.41) is 9.58. The Kier molecular flexibility index (Phi) is 2.68. The summed E-state index contributed by atoms with van der Waals surface area (Å²) in [4.78, 5) is 22.4. The number of halogens is 1. The molecule has 0 atom stereocenters. The number of fused-ring (bicyclic) bond motifs is 1. The fourth-order valence-electron chi connectivity index (χ4n) is 1.90. The average molecular weight is 274 g/mol. The lowest BCUT2D eigenvalue weighted by atomic mass is 10.2. The second-order valence-corrected chi connectivity index (χ2v) is 4.36. The number of benzene rings is 1. The molecule has 2 N–H and O–H groups in total. The van der Waals surface area contributed by atoms with Gasteiger partial charge >= 0.3 is 5.97 Å². The molecule has 1 aromatic carbocycles. The first kappa shape index (κ1) is 11.7. The van der Waals surface area contributed by atoms with Gasteiger partial charge in [0.2, 0.25) is 0 Å². The highest BCUT2D eigenvalue weighted by molar-refractivity contribution is 6.33. The van der Waals surface area contributed by atoms with E-state index in [1.165, 1.54) is 12.3 Å². The highest BCUT2D eigenvalue weighted by Gasteiger charge is 2.14. The van der Waals surface area contributed by atoms with E-state index in [0.29, 0.717) is 27.4 Å². The normalized spacial score (nSPS) is 10.8. The molecule has 0 bridgehead atoms. The van der Waals surface area contributed by atoms with Gasteiger partial charge < -0.3 is 10.1 Å². The van der Waals surface area contributed by atoms with Crippen LogP contribution in [0.1, 0.15) is 10.4 Å². The Labute approximate surface area is 112 Å². The lowest BCUT2D eigenvalue weighted by Crippen LogP contribution is -1.96. The Bertz CT molecular complexity index is 782. The van der Waals surface area contributed by atoms with Crippen molar-refractivity contribution in [3.05, 3.63) is 47.2 Å². The van der Waals surface area contributed by atoms with E-state index in [2.05, 4.69) is 15.0 Å². The molecule has 0 aliphatic heterocycles. The maximum Gasteiger partial charge on any atom is 0.337 e. The van der Waals surface area contributed by atoms with Crippen molar-refractivity contribution in [2.75, 3.05) is 0 Å². The van der Waals surface area contributed by atoms with E-state index >= 15 is 0 Å². The predicted octanol–water partition coefficient (Wildman–Crippen LogP) is 2.98. The van der Waals surface area contributed by atoms with Gasteiger partial charge in [0.05, 0.1) is 16.1 Å². The minimum atomic E-state index is -1.01. The number of para-hydroxylation sites is 1. The standard InChI is InChI=1S/C13H8ClN3O2/c14-9-6-15-5-4-7(9)12-16-10-3-1-2-8(13(18)19)11(10)17-12/h1-6H,(H,16,17)(H,18,19). The van der Waals surface area contributed by atoms with E-state index in [1.54, 1.807) is 24.4 Å². The molecule has 0 aliphatic rings. The number of hydrogen-bond donors (Lipinski definition) is 2. The molecule has 2 heterocycles. The van der Waals surface area contributed by atoms with Crippen molar-refractivity contribution in [3.63, 3.8) is 0 Å². The lowest BCUT2D eigenvalue weighted by Gasteiger charge is -1.97. The number of hydrogen-bond acceptors (Lipinski definition) is 3. The third-order valence-electron chi connectivity index (χ3n) is 2.77. The first-order valence-corrected chi connectivity index (χ1v) is 5.86. The fourth-order valence-corrected chi connectivity index (χ4v) is 2.11. The van der Waals surface area contributed by atoms with Crippen molar-refractivity contribution in [1.82, 2.24) is 15.0 Å². The van der Waals surface area contributed by atoms with Gasteiger partial charge in [-0.15, -0.1) is 0 Å². The van der Waals surface area contributed by atoms with Crippen molar-refractivity contribution in [2.45, 2.75) is 0 Å². The van der Waals surface area contributed by atoms with Gasteiger partial charge in [-0.1, -0.05) is 17.7 Å². The van der Waals surface area contributed by atoms with Crippen LogP contribution in [0, 0.1) is 0 Å². The molecule has 0 spiro atoms. The summed E-state index contributed by atoms with van der Waals surface area (Å²) in [6, 6.07) is 6.68. The lowest BCUT2D eigenvalue weighted by molar-refractivity contribution is 0.0699. The molecule has 0 unspecified atom stereocenters. The molecule has 0 fully saturated rings. The molecule has 2 aromatic heterocycles. The number of rotatable bonds is 2. The third kappa shape index (κ3) is 1.94. The van der Waals surface area contributed by atoms with Crippen LogP contribution in [0.4, 0.5) is 0 Å². The summed E-state index contributed by atoms with van der Waals surface area (Å²) in [5.41, 5.74) is 1.91. The van der Waals surface area contributed by atoms with Gasteiger partial charge in [-0.2, -0.15) is 0 Å². The van der Waals surface area contributed by atoms with Crippen LogP contribution in [0.5, 0.6) is 0 Å². The van der Waals surface area contributed by atoms with Crippen LogP contribution in [-0.4, -0.2) is 26.0 Å². The molecular weight excluding hydrogens is 266 g/mol. The minimum absolute atomic E-state index is 0.158. The second-order valence-electron chi connectivity index (χ2n) is 3.95. The topological polar surface area (TPSA) is 78.9 Å². The molecule has 3 rings (SSSR count). The predicted molar refractivity (Wildman–Crippen MR) is 71.3 cm³/mol. The number of aromatic carboxylic acids is 1. The molecule has 0 amide bonds. The number of aromatic nitrogens is 3. The van der Waals surface area contributed by atoms with Crippen LogP contribution in [0.15, 0.2) is 36.7 Å². The summed E-state index contributed by atoms with van der Waals surface area (Å²) in [6.45, 7) is 0. The molecule has 0 aliphatic carbocycles. The van der Waals surface area contributed by atoms with Gasteiger partial charge in [0.1, 0.15) is 11.3 Å².